The van der Waals surface area contributed by atoms with Gasteiger partial charge in [-0.25, -0.2) is 18.6 Å². The highest BCUT2D eigenvalue weighted by Gasteiger charge is 2.28. The number of nitrogens with one attached hydrogen (secondary N) is 3. The summed E-state index contributed by atoms with van der Waals surface area (Å²) in [5.74, 6) is -2.32. The van der Waals surface area contributed by atoms with E-state index in [0.29, 0.717) is 58.1 Å². The number of anilines is 2. The van der Waals surface area contributed by atoms with Crippen LogP contribution in [-0.4, -0.2) is 29.1 Å². The minimum Gasteiger partial charge on any atom is -0.618 e. The summed E-state index contributed by atoms with van der Waals surface area (Å²) in [6.07, 6.45) is 3.67. The van der Waals surface area contributed by atoms with Crippen LogP contribution in [0.1, 0.15) is 43.6 Å². The first-order chi connectivity index (χ1) is 19.7. The minimum absolute atomic E-state index is 0.0464. The molecular weight excluding hydrogens is 556 g/mol. The maximum Gasteiger partial charge on any atom is 0.411 e. The van der Waals surface area contributed by atoms with Crippen LogP contribution in [0.5, 0.6) is 0 Å². The van der Waals surface area contributed by atoms with Gasteiger partial charge in [0, 0.05) is 23.2 Å². The number of pyridine rings is 1. The van der Waals surface area contributed by atoms with Crippen LogP contribution in [-0.2, 0) is 9.53 Å². The molecule has 3 heterocycles. The molecule has 0 radical (unpaired) electrons. The molecule has 9 nitrogen and oxygen atoms in total. The number of nitrogens with zero attached hydrogens (tertiary/aromatic N) is 2. The van der Waals surface area contributed by atoms with Gasteiger partial charge in [0.25, 0.3) is 0 Å². The highest BCUT2D eigenvalue weighted by atomic mass is 35.5. The maximum atomic E-state index is 14.6. The first-order valence-electron chi connectivity index (χ1n) is 12.9. The van der Waals surface area contributed by atoms with Gasteiger partial charge in [0.2, 0.25) is 11.6 Å². The largest absolute Gasteiger partial charge is 0.618 e. The van der Waals surface area contributed by atoms with Crippen molar-refractivity contribution in [2.75, 3.05) is 17.7 Å². The van der Waals surface area contributed by atoms with Crippen molar-refractivity contribution in [1.82, 2.24) is 9.97 Å². The fraction of sp³-hybridized carbons (Fsp3) is 0.241. The number of H-pyrrole nitrogens is 1. The summed E-state index contributed by atoms with van der Waals surface area (Å²) < 4.78 is 34.3. The van der Waals surface area contributed by atoms with Gasteiger partial charge in [0.05, 0.1) is 40.8 Å². The van der Waals surface area contributed by atoms with Crippen molar-refractivity contribution in [2.24, 2.45) is 5.92 Å². The molecule has 0 fully saturated rings. The van der Waals surface area contributed by atoms with E-state index in [-0.39, 0.29) is 28.0 Å². The van der Waals surface area contributed by atoms with Gasteiger partial charge in [-0.15, -0.1) is 0 Å². The number of fused-ring (bicyclic) bond motifs is 4. The van der Waals surface area contributed by atoms with E-state index in [2.05, 4.69) is 25.3 Å². The maximum absolute atomic E-state index is 14.6. The molecule has 0 unspecified atom stereocenters. The average molecular weight is 582 g/mol. The monoisotopic (exact) mass is 581 g/mol. The fourth-order valence-corrected chi connectivity index (χ4v) is 5.08. The van der Waals surface area contributed by atoms with Gasteiger partial charge in [-0.3, -0.25) is 10.1 Å². The quantitative estimate of drug-likeness (QED) is 0.147. The molecule has 5 rings (SSSR count). The number of methoxy groups -OCH3 is 1. The molecule has 2 amide bonds. The predicted octanol–water partition coefficient (Wildman–Crippen LogP) is 6.38. The van der Waals surface area contributed by atoms with Crippen molar-refractivity contribution >= 4 is 35.0 Å². The van der Waals surface area contributed by atoms with Crippen molar-refractivity contribution in [3.63, 3.8) is 0 Å². The minimum atomic E-state index is -0.947. The first-order valence-corrected chi connectivity index (χ1v) is 13.3. The number of hydrogen-bond donors (Lipinski definition) is 3. The van der Waals surface area contributed by atoms with Crippen molar-refractivity contribution in [3.8, 4) is 22.4 Å². The van der Waals surface area contributed by atoms with Crippen LogP contribution < -0.4 is 15.4 Å². The number of halogens is 3. The van der Waals surface area contributed by atoms with Crippen molar-refractivity contribution in [3.05, 3.63) is 88.2 Å². The molecule has 0 spiro atoms. The third kappa shape index (κ3) is 5.71. The summed E-state index contributed by atoms with van der Waals surface area (Å²) in [4.78, 5) is 32.6. The van der Waals surface area contributed by atoms with Gasteiger partial charge < -0.3 is 20.2 Å². The SMILES string of the molecule is COC(=O)Nc1ccc2c(c1)NC(=O)[C@@H](C)CCC[C@@H](c1ccc(-c3c(F)ccc(Cl)c3F)c[n+]1[O-])c1ncc-2[nH]1. The van der Waals surface area contributed by atoms with Crippen molar-refractivity contribution < 1.29 is 27.8 Å². The van der Waals surface area contributed by atoms with Crippen LogP contribution in [0.3, 0.4) is 0 Å². The molecule has 1 aliphatic rings. The van der Waals surface area contributed by atoms with Gasteiger partial charge in [-0.1, -0.05) is 24.9 Å². The lowest BCUT2D eigenvalue weighted by Gasteiger charge is -2.19. The fourth-order valence-electron chi connectivity index (χ4n) is 4.92. The number of carbonyl (C=O) groups is 2. The summed E-state index contributed by atoms with van der Waals surface area (Å²) in [6.45, 7) is 1.81. The molecule has 12 heteroatoms. The van der Waals surface area contributed by atoms with Crippen molar-refractivity contribution in [1.29, 1.82) is 0 Å². The van der Waals surface area contributed by atoms with Crippen LogP contribution in [0.4, 0.5) is 25.0 Å². The number of aromatic nitrogens is 3. The van der Waals surface area contributed by atoms with E-state index in [1.54, 1.807) is 24.4 Å². The second-order valence-corrected chi connectivity index (χ2v) is 10.2. The summed E-state index contributed by atoms with van der Waals surface area (Å²) in [5, 5.41) is 18.5. The molecule has 41 heavy (non-hydrogen) atoms. The molecule has 2 aromatic heterocycles. The number of aromatic amines is 1. The Morgan fingerprint density at radius 2 is 2.00 bits per heavy atom. The zero-order valence-corrected chi connectivity index (χ0v) is 22.9. The zero-order valence-electron chi connectivity index (χ0n) is 22.1. The smallest absolute Gasteiger partial charge is 0.411 e. The Kier molecular flexibility index (Phi) is 7.89. The summed E-state index contributed by atoms with van der Waals surface area (Å²) in [7, 11) is 1.25. The Morgan fingerprint density at radius 1 is 1.20 bits per heavy atom. The van der Waals surface area contributed by atoms with Gasteiger partial charge >= 0.3 is 6.09 Å². The van der Waals surface area contributed by atoms with Crippen LogP contribution in [0, 0.1) is 22.8 Å². The first kappa shape index (κ1) is 28.0. The predicted molar refractivity (Wildman–Crippen MR) is 149 cm³/mol. The number of imidazole rings is 1. The Labute approximate surface area is 239 Å². The summed E-state index contributed by atoms with van der Waals surface area (Å²) in [6, 6.07) is 10.2. The molecule has 0 aliphatic carbocycles. The highest BCUT2D eigenvalue weighted by molar-refractivity contribution is 6.31. The second-order valence-electron chi connectivity index (χ2n) is 9.82. The number of ether oxygens (including phenoxy) is 1. The number of rotatable bonds is 3. The van der Waals surface area contributed by atoms with Crippen LogP contribution in [0.25, 0.3) is 22.4 Å². The van der Waals surface area contributed by atoms with E-state index >= 15 is 0 Å². The lowest BCUT2D eigenvalue weighted by atomic mass is 9.92. The molecule has 2 aromatic carbocycles. The van der Waals surface area contributed by atoms with Gasteiger partial charge in [0.1, 0.15) is 17.6 Å². The Hall–Kier alpha value is -4.51. The average Bonchev–Trinajstić information content (AvgIpc) is 3.43. The summed E-state index contributed by atoms with van der Waals surface area (Å²) in [5.41, 5.74) is 2.07. The number of amides is 2. The van der Waals surface area contributed by atoms with Gasteiger partial charge in [-0.05, 0) is 49.2 Å². The molecular formula is C29H26ClF2N5O4. The Morgan fingerprint density at radius 3 is 2.76 bits per heavy atom. The lowest BCUT2D eigenvalue weighted by Crippen LogP contribution is -2.34. The molecule has 2 atom stereocenters. The highest BCUT2D eigenvalue weighted by Crippen LogP contribution is 2.35. The molecule has 2 bridgehead atoms. The second kappa shape index (κ2) is 11.5. The van der Waals surface area contributed by atoms with E-state index in [1.807, 2.05) is 6.92 Å². The van der Waals surface area contributed by atoms with Crippen LogP contribution in [0.2, 0.25) is 5.02 Å². The van der Waals surface area contributed by atoms with Crippen LogP contribution in [0.15, 0.2) is 54.9 Å². The molecule has 0 saturated carbocycles. The molecule has 3 N–H and O–H groups in total. The third-order valence-electron chi connectivity index (χ3n) is 7.14. The van der Waals surface area contributed by atoms with Crippen LogP contribution >= 0.6 is 11.6 Å². The number of carbonyl (C=O) groups excluding carboxylic acids is 2. The molecule has 1 aliphatic heterocycles. The van der Waals surface area contributed by atoms with E-state index in [9.17, 15) is 23.6 Å². The number of hydrogen-bond acceptors (Lipinski definition) is 5. The summed E-state index contributed by atoms with van der Waals surface area (Å²) >= 11 is 5.84. The Balaban J connectivity index is 1.55. The topological polar surface area (TPSA) is 123 Å². The van der Waals surface area contributed by atoms with E-state index < -0.39 is 23.6 Å². The standard InChI is InChI=1S/C29H26ClF2N5O4/c1-15-4-3-5-19(24-11-6-16(14-37(24)40)25-21(31)10-9-20(30)26(25)32)27-33-13-23(35-27)18-8-7-17(34-29(39)41-2)12-22(18)36-28(15)38/h6-15,19H,3-5H2,1-2H3,(H,33,35)(H,34,39)(H,36,38)/t15-,19-/m0/s1. The zero-order chi connectivity index (χ0) is 29.3. The Bertz CT molecular complexity index is 1640. The molecule has 4 aromatic rings. The van der Waals surface area contributed by atoms with Gasteiger partial charge in [0.15, 0.2) is 12.0 Å². The van der Waals surface area contributed by atoms with E-state index in [0.717, 1.165) is 18.3 Å². The number of benzene rings is 2. The van der Waals surface area contributed by atoms with Crippen molar-refractivity contribution in [2.45, 2.75) is 32.1 Å². The molecule has 212 valence electrons. The lowest BCUT2D eigenvalue weighted by molar-refractivity contribution is -0.614. The van der Waals surface area contributed by atoms with Gasteiger partial charge in [-0.2, -0.15) is 4.73 Å². The normalized spacial score (nSPS) is 17.0. The van der Waals surface area contributed by atoms with E-state index in [4.69, 9.17) is 11.6 Å². The third-order valence-corrected chi connectivity index (χ3v) is 7.43. The van der Waals surface area contributed by atoms with E-state index in [1.165, 1.54) is 19.2 Å². The molecule has 0 saturated heterocycles.